The van der Waals surface area contributed by atoms with E-state index in [4.69, 9.17) is 18.6 Å². The normalized spacial score (nSPS) is 25.2. The molecule has 4 rings (SSSR count). The van der Waals surface area contributed by atoms with Crippen molar-refractivity contribution in [3.8, 4) is 0 Å². The van der Waals surface area contributed by atoms with E-state index in [9.17, 15) is 0 Å². The Morgan fingerprint density at radius 3 is 2.91 bits per heavy atom. The molecule has 1 spiro atoms. The molecule has 3 heterocycles. The fourth-order valence-electron chi connectivity index (χ4n) is 3.29. The highest BCUT2D eigenvalue weighted by Gasteiger charge is 2.42. The first-order chi connectivity index (χ1) is 11.2. The highest BCUT2D eigenvalue weighted by molar-refractivity contribution is 5.77. The summed E-state index contributed by atoms with van der Waals surface area (Å²) in [5.74, 6) is 0.540. The molecule has 2 saturated heterocycles. The van der Waals surface area contributed by atoms with Crippen LogP contribution in [0.1, 0.15) is 31.6 Å². The monoisotopic (exact) mass is 317 g/mol. The number of furan rings is 1. The van der Waals surface area contributed by atoms with Crippen LogP contribution in [0.4, 0.5) is 0 Å². The number of para-hydroxylation sites is 1. The van der Waals surface area contributed by atoms with Crippen molar-refractivity contribution in [2.75, 3.05) is 26.4 Å². The molecular weight excluding hydrogens is 294 g/mol. The largest absolute Gasteiger partial charge is 0.459 e. The fourth-order valence-corrected chi connectivity index (χ4v) is 3.29. The molecule has 1 aromatic heterocycles. The number of nitrogens with one attached hydrogen (secondary N) is 1. The third-order valence-electron chi connectivity index (χ3n) is 4.69. The minimum Gasteiger partial charge on any atom is -0.459 e. The Hall–Kier alpha value is -1.40. The van der Waals surface area contributed by atoms with Gasteiger partial charge in [-0.2, -0.15) is 0 Å². The summed E-state index contributed by atoms with van der Waals surface area (Å²) in [5, 5.41) is 4.63. The molecule has 23 heavy (non-hydrogen) atoms. The number of ether oxygens (including phenoxy) is 3. The van der Waals surface area contributed by atoms with Crippen molar-refractivity contribution in [1.29, 1.82) is 0 Å². The Labute approximate surface area is 135 Å². The van der Waals surface area contributed by atoms with Crippen molar-refractivity contribution in [2.45, 2.75) is 37.7 Å². The van der Waals surface area contributed by atoms with Crippen LogP contribution in [-0.2, 0) is 14.2 Å². The highest BCUT2D eigenvalue weighted by Crippen LogP contribution is 2.33. The molecule has 1 aromatic carbocycles. The van der Waals surface area contributed by atoms with Gasteiger partial charge in [0.05, 0.1) is 32.0 Å². The maximum Gasteiger partial charge on any atom is 0.173 e. The van der Waals surface area contributed by atoms with Crippen molar-refractivity contribution < 1.29 is 18.6 Å². The molecule has 2 aromatic rings. The van der Waals surface area contributed by atoms with Crippen molar-refractivity contribution in [3.63, 3.8) is 0 Å². The van der Waals surface area contributed by atoms with E-state index < -0.39 is 5.79 Å². The summed E-state index contributed by atoms with van der Waals surface area (Å²) >= 11 is 0. The van der Waals surface area contributed by atoms with Crippen molar-refractivity contribution in [3.05, 3.63) is 36.1 Å². The van der Waals surface area contributed by atoms with E-state index in [2.05, 4.69) is 24.4 Å². The van der Waals surface area contributed by atoms with E-state index in [1.165, 1.54) is 0 Å². The van der Waals surface area contributed by atoms with Gasteiger partial charge in [0.25, 0.3) is 0 Å². The maximum absolute atomic E-state index is 6.14. The standard InChI is InChI=1S/C18H23NO4/c1-13(17-10-14-4-2-3-5-16(14)22-17)19-11-15-12-21-18(23-15)6-8-20-9-7-18/h2-5,10,13,15,19H,6-9,11-12H2,1H3/t13-,15-/m0/s1. The van der Waals surface area contributed by atoms with Gasteiger partial charge in [-0.3, -0.25) is 0 Å². The van der Waals surface area contributed by atoms with Crippen LogP contribution in [0.3, 0.4) is 0 Å². The van der Waals surface area contributed by atoms with E-state index in [0.717, 1.165) is 49.3 Å². The molecule has 2 aliphatic heterocycles. The maximum atomic E-state index is 6.14. The van der Waals surface area contributed by atoms with Gasteiger partial charge in [0.2, 0.25) is 0 Å². The molecule has 1 N–H and O–H groups in total. The van der Waals surface area contributed by atoms with Gasteiger partial charge in [-0.25, -0.2) is 0 Å². The average molecular weight is 317 g/mol. The topological polar surface area (TPSA) is 52.9 Å². The molecule has 0 bridgehead atoms. The van der Waals surface area contributed by atoms with Crippen molar-refractivity contribution in [2.24, 2.45) is 0 Å². The van der Waals surface area contributed by atoms with Gasteiger partial charge >= 0.3 is 0 Å². The van der Waals surface area contributed by atoms with Crippen molar-refractivity contribution in [1.82, 2.24) is 5.32 Å². The van der Waals surface area contributed by atoms with Crippen LogP contribution >= 0.6 is 0 Å². The number of hydrogen-bond donors (Lipinski definition) is 1. The Bertz CT molecular complexity index is 629. The zero-order valence-corrected chi connectivity index (χ0v) is 13.4. The molecule has 0 radical (unpaired) electrons. The highest BCUT2D eigenvalue weighted by atomic mass is 16.7. The zero-order valence-electron chi connectivity index (χ0n) is 13.4. The second-order valence-corrected chi connectivity index (χ2v) is 6.39. The number of rotatable bonds is 4. The lowest BCUT2D eigenvalue weighted by Gasteiger charge is -2.31. The Morgan fingerprint density at radius 2 is 2.09 bits per heavy atom. The van der Waals surface area contributed by atoms with Gasteiger partial charge in [-0.05, 0) is 19.1 Å². The third-order valence-corrected chi connectivity index (χ3v) is 4.69. The van der Waals surface area contributed by atoms with E-state index in [1.54, 1.807) is 0 Å². The second-order valence-electron chi connectivity index (χ2n) is 6.39. The van der Waals surface area contributed by atoms with Crippen LogP contribution in [0.5, 0.6) is 0 Å². The smallest absolute Gasteiger partial charge is 0.173 e. The van der Waals surface area contributed by atoms with Crippen LogP contribution < -0.4 is 5.32 Å². The van der Waals surface area contributed by atoms with Crippen LogP contribution in [0.2, 0.25) is 0 Å². The molecule has 2 atom stereocenters. The van der Waals surface area contributed by atoms with E-state index >= 15 is 0 Å². The van der Waals surface area contributed by atoms with Gasteiger partial charge in [0.1, 0.15) is 11.3 Å². The van der Waals surface area contributed by atoms with Gasteiger partial charge in [0, 0.05) is 24.8 Å². The average Bonchev–Trinajstić information content (AvgIpc) is 3.18. The quantitative estimate of drug-likeness (QED) is 0.939. The zero-order chi connectivity index (χ0) is 15.7. The lowest BCUT2D eigenvalue weighted by atomic mass is 10.1. The fraction of sp³-hybridized carbons (Fsp3) is 0.556. The lowest BCUT2D eigenvalue weighted by Crippen LogP contribution is -2.39. The Balaban J connectivity index is 1.34. The molecule has 5 heteroatoms. The van der Waals surface area contributed by atoms with Gasteiger partial charge in [-0.15, -0.1) is 0 Å². The van der Waals surface area contributed by atoms with Crippen LogP contribution in [0.25, 0.3) is 11.0 Å². The first-order valence-corrected chi connectivity index (χ1v) is 8.35. The summed E-state index contributed by atoms with van der Waals surface area (Å²) in [6, 6.07) is 10.3. The van der Waals surface area contributed by atoms with E-state index in [0.29, 0.717) is 6.61 Å². The van der Waals surface area contributed by atoms with Crippen LogP contribution in [0, 0.1) is 0 Å². The van der Waals surface area contributed by atoms with Crippen LogP contribution in [-0.4, -0.2) is 38.3 Å². The number of benzene rings is 1. The molecule has 0 saturated carbocycles. The molecule has 5 nitrogen and oxygen atoms in total. The number of hydrogen-bond acceptors (Lipinski definition) is 5. The second kappa shape index (κ2) is 6.24. The summed E-state index contributed by atoms with van der Waals surface area (Å²) in [4.78, 5) is 0. The van der Waals surface area contributed by atoms with Crippen molar-refractivity contribution >= 4 is 11.0 Å². The minimum absolute atomic E-state index is 0.0833. The van der Waals surface area contributed by atoms with Crippen LogP contribution in [0.15, 0.2) is 34.7 Å². The molecule has 124 valence electrons. The number of fused-ring (bicyclic) bond motifs is 1. The summed E-state index contributed by atoms with van der Waals surface area (Å²) < 4.78 is 23.3. The van der Waals surface area contributed by atoms with E-state index in [-0.39, 0.29) is 12.1 Å². The molecular formula is C18H23NO4. The Kier molecular flexibility index (Phi) is 4.11. The lowest BCUT2D eigenvalue weighted by molar-refractivity contribution is -0.210. The van der Waals surface area contributed by atoms with E-state index in [1.807, 2.05) is 18.2 Å². The Morgan fingerprint density at radius 1 is 1.26 bits per heavy atom. The SMILES string of the molecule is C[C@H](NC[C@H]1COC2(CCOCC2)O1)c1cc2ccccc2o1. The molecule has 0 aliphatic carbocycles. The third kappa shape index (κ3) is 3.15. The molecule has 2 aliphatic rings. The summed E-state index contributed by atoms with van der Waals surface area (Å²) in [6.45, 7) is 4.93. The van der Waals surface area contributed by atoms with Gasteiger partial charge < -0.3 is 23.9 Å². The first kappa shape index (κ1) is 15.1. The predicted octanol–water partition coefficient (Wildman–Crippen LogP) is 3.01. The predicted molar refractivity (Wildman–Crippen MR) is 86.2 cm³/mol. The summed E-state index contributed by atoms with van der Waals surface area (Å²) in [5.41, 5.74) is 0.928. The minimum atomic E-state index is -0.410. The van der Waals surface area contributed by atoms with Gasteiger partial charge in [0.15, 0.2) is 5.79 Å². The summed E-state index contributed by atoms with van der Waals surface area (Å²) in [6.07, 6.45) is 1.73. The first-order valence-electron chi connectivity index (χ1n) is 8.35. The molecule has 0 amide bonds. The molecule has 0 unspecified atom stereocenters. The summed E-state index contributed by atoms with van der Waals surface area (Å²) in [7, 11) is 0. The van der Waals surface area contributed by atoms with Gasteiger partial charge in [-0.1, -0.05) is 18.2 Å². The molecule has 2 fully saturated rings.